The Labute approximate surface area is 814 Å². The average molecular weight is 2380 g/mol. The molecule has 0 atom stereocenters. The van der Waals surface area contributed by atoms with Gasteiger partial charge in [-0.15, -0.1) is 287 Å². The van der Waals surface area contributed by atoms with Crippen molar-refractivity contribution < 1.29 is 80.4 Å². The van der Waals surface area contributed by atoms with E-state index in [-0.39, 0.29) is 80.4 Å². The van der Waals surface area contributed by atoms with E-state index in [0.29, 0.717) is 0 Å². The second-order valence-corrected chi connectivity index (χ2v) is 28.6. The zero-order valence-electron chi connectivity index (χ0n) is 71.7. The van der Waals surface area contributed by atoms with Gasteiger partial charge < -0.3 is 39.9 Å². The summed E-state index contributed by atoms with van der Waals surface area (Å²) in [6.07, 6.45) is 13.1. The summed E-state index contributed by atoms with van der Waals surface area (Å²) in [5, 5.41) is 0. The maximum atomic E-state index is 4.54. The predicted molar refractivity (Wildman–Crippen MR) is 514 cm³/mol. The largest absolute Gasteiger partial charge is 0.305 e. The molecule has 0 unspecified atom stereocenters. The molecule has 642 valence electrons. The Hall–Kier alpha value is -13.6. The van der Waals surface area contributed by atoms with Crippen LogP contribution in [-0.4, -0.2) is 39.9 Å². The van der Waals surface area contributed by atoms with E-state index >= 15 is 0 Å². The van der Waals surface area contributed by atoms with E-state index in [1.54, 1.807) is 12.4 Å². The first-order valence-electron chi connectivity index (χ1n) is 41.1. The van der Waals surface area contributed by atoms with E-state index in [1.165, 1.54) is 50.1 Å². The fraction of sp³-hybridized carbons (Fsp3) is 0.0427. The molecule has 12 aromatic carbocycles. The first-order valence-corrected chi connectivity index (χ1v) is 41.1. The van der Waals surface area contributed by atoms with Gasteiger partial charge in [-0.25, -0.2) is 0 Å². The standard InChI is InChI=1S/3C18H14N.C17H12N.2C12H10N.2C11H8N.4Ir/c1-14-7-5-6-10-17(14)16-11-12-19-18(13-16)15-8-3-2-4-9-15;2*1-14-7-5-6-10-17(14)16-11-12-18(19-13-16)15-8-3-2-4-9-15;1-3-7-14(8-4-1)16-11-12-17(18-13-16)15-9-5-2-6-10-15;1-10-6-5-9-12(13-10)11-7-3-2-4-8-11;1-10-7-8-12(13-9-10)11-5-3-2-4-6-11;2*1-2-6-10(7-3-1)11-8-4-5-9-12-11;;;;/h3*2-8,10-13H,1H3;1-9,11-13H;2-7,9H,1H3;2-5,7-9H,1H3;2*1-6,8-9H;;;;/q8*-1;;;;. The minimum absolute atomic E-state index is 0. The van der Waals surface area contributed by atoms with Crippen LogP contribution in [0.4, 0.5) is 0 Å². The number of pyridine rings is 8. The Morgan fingerprint density at radius 2 is 0.465 bits per heavy atom. The summed E-state index contributed by atoms with van der Waals surface area (Å²) in [7, 11) is 0. The Kier molecular flexibility index (Phi) is 41.9. The second kappa shape index (κ2) is 54.5. The number of aromatic nitrogens is 8. The summed E-state index contributed by atoms with van der Waals surface area (Å²) in [6.45, 7) is 10.4. The van der Waals surface area contributed by atoms with Crippen molar-refractivity contribution in [2.24, 2.45) is 0 Å². The van der Waals surface area contributed by atoms with Crippen LogP contribution in [0, 0.1) is 83.1 Å². The van der Waals surface area contributed by atoms with E-state index in [2.05, 4.69) is 231 Å². The Bertz CT molecular complexity index is 6160. The molecule has 20 rings (SSSR count). The number of hydrogen-bond acceptors (Lipinski definition) is 8. The summed E-state index contributed by atoms with van der Waals surface area (Å²) in [6, 6.07) is 162. The maximum absolute atomic E-state index is 4.54. The quantitative estimate of drug-likeness (QED) is 0.111. The molecule has 8 heterocycles. The molecule has 0 saturated carbocycles. The van der Waals surface area contributed by atoms with Crippen molar-refractivity contribution in [3.63, 3.8) is 0 Å². The molecule has 8 nitrogen and oxygen atoms in total. The monoisotopic (exact) mass is 2380 g/mol. The summed E-state index contributed by atoms with van der Waals surface area (Å²) in [4.78, 5) is 35.2. The maximum Gasteiger partial charge on any atom is 0.0266 e. The van der Waals surface area contributed by atoms with E-state index < -0.39 is 0 Å². The van der Waals surface area contributed by atoms with Gasteiger partial charge in [0.05, 0.1) is 0 Å². The molecule has 0 saturated heterocycles. The normalized spacial score (nSPS) is 9.81. The van der Waals surface area contributed by atoms with Gasteiger partial charge in [-0.1, -0.05) is 194 Å². The summed E-state index contributed by atoms with van der Waals surface area (Å²) < 4.78 is 0. The first-order chi connectivity index (χ1) is 61.6. The minimum Gasteiger partial charge on any atom is -0.305 e. The van der Waals surface area contributed by atoms with E-state index in [0.717, 1.165) is 112 Å². The van der Waals surface area contributed by atoms with Crippen molar-refractivity contribution in [1.82, 2.24) is 39.9 Å². The smallest absolute Gasteiger partial charge is 0.0266 e. The third-order valence-corrected chi connectivity index (χ3v) is 19.5. The molecule has 12 heteroatoms. The fourth-order valence-electron chi connectivity index (χ4n) is 13.0. The van der Waals surface area contributed by atoms with E-state index in [4.69, 9.17) is 0 Å². The van der Waals surface area contributed by atoms with Crippen LogP contribution in [0.25, 0.3) is 135 Å². The molecule has 0 aliphatic rings. The Morgan fingerprint density at radius 3 is 0.775 bits per heavy atom. The molecule has 0 fully saturated rings. The summed E-state index contributed by atoms with van der Waals surface area (Å²) in [5.41, 5.74) is 31.6. The van der Waals surface area contributed by atoms with Gasteiger partial charge in [-0.05, 0) is 171 Å². The van der Waals surface area contributed by atoms with Gasteiger partial charge in [0.1, 0.15) is 0 Å². The van der Waals surface area contributed by atoms with Crippen LogP contribution < -0.4 is 0 Å². The number of nitrogens with zero attached hydrogens (tertiary/aromatic N) is 8. The van der Waals surface area contributed by atoms with Crippen LogP contribution in [-0.2, 0) is 80.4 Å². The van der Waals surface area contributed by atoms with Crippen LogP contribution in [0.1, 0.15) is 27.9 Å². The van der Waals surface area contributed by atoms with Crippen LogP contribution in [0.5, 0.6) is 0 Å². The van der Waals surface area contributed by atoms with Crippen LogP contribution in [0.3, 0.4) is 0 Å². The Balaban J connectivity index is 0.000000167. The average Bonchev–Trinajstić information content (AvgIpc) is 0.832. The molecule has 0 aliphatic carbocycles. The molecule has 20 aromatic rings. The molecule has 8 aromatic heterocycles. The zero-order chi connectivity index (χ0) is 86.1. The van der Waals surface area contributed by atoms with E-state index in [1.807, 2.05) is 336 Å². The molecule has 0 amide bonds. The van der Waals surface area contributed by atoms with Gasteiger partial charge in [-0.3, -0.25) is 0 Å². The van der Waals surface area contributed by atoms with Crippen molar-refractivity contribution in [2.75, 3.05) is 0 Å². The number of aryl methyl sites for hydroxylation is 5. The Morgan fingerprint density at radius 1 is 0.178 bits per heavy atom. The molecule has 0 aliphatic heterocycles. The summed E-state index contributed by atoms with van der Waals surface area (Å²) >= 11 is 0. The van der Waals surface area contributed by atoms with Crippen LogP contribution >= 0.6 is 0 Å². The molecular formula is C117H90Ir4N8-8. The van der Waals surface area contributed by atoms with Crippen LogP contribution in [0.2, 0.25) is 0 Å². The molecule has 0 spiro atoms. The molecular weight excluding hydrogens is 2290 g/mol. The zero-order valence-corrected chi connectivity index (χ0v) is 81.3. The fourth-order valence-corrected chi connectivity index (χ4v) is 13.0. The predicted octanol–water partition coefficient (Wildman–Crippen LogP) is 28.6. The van der Waals surface area contributed by atoms with Gasteiger partial charge in [-0.2, -0.15) is 0 Å². The van der Waals surface area contributed by atoms with Gasteiger partial charge in [0, 0.05) is 129 Å². The number of rotatable bonds is 12. The van der Waals surface area contributed by atoms with Crippen molar-refractivity contribution in [3.05, 3.63) is 532 Å². The minimum atomic E-state index is 0. The van der Waals surface area contributed by atoms with Crippen molar-refractivity contribution in [2.45, 2.75) is 34.6 Å². The molecule has 0 N–H and O–H groups in total. The molecule has 0 bridgehead atoms. The first kappa shape index (κ1) is 99.2. The van der Waals surface area contributed by atoms with E-state index in [9.17, 15) is 0 Å². The molecule has 129 heavy (non-hydrogen) atoms. The molecule has 4 radical (unpaired) electrons. The van der Waals surface area contributed by atoms with Crippen LogP contribution in [0.15, 0.2) is 456 Å². The van der Waals surface area contributed by atoms with Gasteiger partial charge in [0.25, 0.3) is 0 Å². The van der Waals surface area contributed by atoms with Crippen molar-refractivity contribution >= 4 is 0 Å². The second-order valence-electron chi connectivity index (χ2n) is 28.6. The van der Waals surface area contributed by atoms with Gasteiger partial charge >= 0.3 is 0 Å². The van der Waals surface area contributed by atoms with Crippen molar-refractivity contribution in [1.29, 1.82) is 0 Å². The third kappa shape index (κ3) is 31.2. The topological polar surface area (TPSA) is 103 Å². The number of benzene rings is 12. The van der Waals surface area contributed by atoms with Gasteiger partial charge in [0.15, 0.2) is 0 Å². The summed E-state index contributed by atoms with van der Waals surface area (Å²) in [5.74, 6) is 0. The SMILES string of the molecule is Cc1ccc(-c2[c-]cccc2)nc1.Cc1cccc(-c2[c-]cccc2)n1.Cc1ccccc1-c1ccc(-c2[c-]cccc2)nc1.Cc1ccccc1-c1ccc(-c2[c-]cccc2)nc1.Cc1ccccc1-c1ccnc(-c2[c-]cccc2)c1.[Ir].[Ir].[Ir].[Ir].[c-]1ccccc1-c1ccc(-c2ccccc2)cn1.[c-]1ccccc1-c1ccccn1.[c-]1ccccc1-c1ccccn1. The number of hydrogen-bond donors (Lipinski definition) is 0. The van der Waals surface area contributed by atoms with Gasteiger partial charge in [0.2, 0.25) is 0 Å². The van der Waals surface area contributed by atoms with Crippen molar-refractivity contribution in [3.8, 4) is 135 Å². The third-order valence-electron chi connectivity index (χ3n) is 19.5.